The SMILES string of the molecule is C=C(O)[C@H](N)Cc1cnc[nH]1.Nc1ccccc1SSc1ccccc1N. The van der Waals surface area contributed by atoms with Crippen LogP contribution in [0.3, 0.4) is 0 Å². The molecule has 0 spiro atoms. The quantitative estimate of drug-likeness (QED) is 0.240. The maximum Gasteiger partial charge on any atom is 0.102 e. The number of H-pyrrole nitrogens is 1. The Labute approximate surface area is 166 Å². The molecule has 3 aromatic rings. The van der Waals surface area contributed by atoms with Crippen molar-refractivity contribution in [2.75, 3.05) is 11.5 Å². The number of anilines is 2. The highest BCUT2D eigenvalue weighted by Gasteiger charge is 2.06. The molecule has 2 aromatic carbocycles. The second-order valence-electron chi connectivity index (χ2n) is 5.62. The van der Waals surface area contributed by atoms with E-state index >= 15 is 0 Å². The van der Waals surface area contributed by atoms with Crippen molar-refractivity contribution in [2.45, 2.75) is 22.3 Å². The number of aliphatic hydroxyl groups is 1. The summed E-state index contributed by atoms with van der Waals surface area (Å²) in [5.74, 6) is -0.000370. The van der Waals surface area contributed by atoms with E-state index in [2.05, 4.69) is 16.5 Å². The van der Waals surface area contributed by atoms with Gasteiger partial charge >= 0.3 is 0 Å². The highest BCUT2D eigenvalue weighted by Crippen LogP contribution is 2.41. The van der Waals surface area contributed by atoms with Crippen LogP contribution in [0, 0.1) is 0 Å². The predicted octanol–water partition coefficient (Wildman–Crippen LogP) is 4.00. The second-order valence-corrected chi connectivity index (χ2v) is 7.83. The van der Waals surface area contributed by atoms with E-state index in [0.29, 0.717) is 6.42 Å². The smallest absolute Gasteiger partial charge is 0.102 e. The summed E-state index contributed by atoms with van der Waals surface area (Å²) in [5.41, 5.74) is 19.7. The molecule has 8 N–H and O–H groups in total. The molecule has 0 radical (unpaired) electrons. The minimum atomic E-state index is -0.407. The first-order chi connectivity index (χ1) is 13.0. The normalized spacial score (nSPS) is 11.3. The lowest BCUT2D eigenvalue weighted by Gasteiger charge is -2.06. The van der Waals surface area contributed by atoms with E-state index in [4.69, 9.17) is 22.3 Å². The first-order valence-corrected chi connectivity index (χ1v) is 10.3. The fraction of sp³-hybridized carbons (Fsp3) is 0.105. The third kappa shape index (κ3) is 6.93. The minimum Gasteiger partial charge on any atom is -0.511 e. The summed E-state index contributed by atoms with van der Waals surface area (Å²) in [7, 11) is 3.25. The van der Waals surface area contributed by atoms with Crippen LogP contribution in [0.5, 0.6) is 0 Å². The van der Waals surface area contributed by atoms with Gasteiger partial charge in [0.2, 0.25) is 0 Å². The molecule has 6 nitrogen and oxygen atoms in total. The van der Waals surface area contributed by atoms with Crippen LogP contribution in [0.4, 0.5) is 11.4 Å². The van der Waals surface area contributed by atoms with Crippen molar-refractivity contribution in [3.8, 4) is 0 Å². The zero-order valence-electron chi connectivity index (χ0n) is 14.7. The first kappa shape index (κ1) is 20.8. The van der Waals surface area contributed by atoms with Gasteiger partial charge in [-0.05, 0) is 24.3 Å². The van der Waals surface area contributed by atoms with E-state index in [0.717, 1.165) is 26.9 Å². The number of nitrogens with zero attached hydrogens (tertiary/aromatic N) is 1. The minimum absolute atomic E-state index is 0.000370. The Kier molecular flexibility index (Phi) is 8.12. The van der Waals surface area contributed by atoms with Crippen LogP contribution in [0.2, 0.25) is 0 Å². The van der Waals surface area contributed by atoms with E-state index in [-0.39, 0.29) is 5.76 Å². The molecule has 0 bridgehead atoms. The summed E-state index contributed by atoms with van der Waals surface area (Å²) in [6, 6.07) is 15.2. The summed E-state index contributed by atoms with van der Waals surface area (Å²) in [4.78, 5) is 8.82. The van der Waals surface area contributed by atoms with Gasteiger partial charge in [-0.15, -0.1) is 0 Å². The summed E-state index contributed by atoms with van der Waals surface area (Å²) >= 11 is 0. The van der Waals surface area contributed by atoms with Crippen molar-refractivity contribution in [1.82, 2.24) is 9.97 Å². The van der Waals surface area contributed by atoms with Crippen molar-refractivity contribution in [3.05, 3.63) is 79.1 Å². The number of para-hydroxylation sites is 2. The molecule has 1 atom stereocenters. The highest BCUT2D eigenvalue weighted by molar-refractivity contribution is 8.76. The number of aromatic amines is 1. The number of benzene rings is 2. The van der Waals surface area contributed by atoms with Crippen LogP contribution >= 0.6 is 21.6 Å². The zero-order valence-corrected chi connectivity index (χ0v) is 16.3. The van der Waals surface area contributed by atoms with Gasteiger partial charge < -0.3 is 27.3 Å². The zero-order chi connectivity index (χ0) is 19.6. The molecular weight excluding hydrogens is 378 g/mol. The number of imidazole rings is 1. The molecule has 1 heterocycles. The third-order valence-electron chi connectivity index (χ3n) is 3.48. The van der Waals surface area contributed by atoms with E-state index < -0.39 is 6.04 Å². The number of aromatic nitrogens is 2. The maximum absolute atomic E-state index is 8.87. The molecule has 0 saturated carbocycles. The highest BCUT2D eigenvalue weighted by atomic mass is 33.1. The summed E-state index contributed by atoms with van der Waals surface area (Å²) < 4.78 is 0. The molecule has 0 amide bonds. The molecule has 0 aliphatic carbocycles. The lowest BCUT2D eigenvalue weighted by Crippen LogP contribution is -2.24. The Morgan fingerprint density at radius 2 is 1.56 bits per heavy atom. The molecule has 0 aliphatic heterocycles. The molecular formula is C19H23N5OS2. The molecule has 8 heteroatoms. The first-order valence-electron chi connectivity index (χ1n) is 8.11. The van der Waals surface area contributed by atoms with Gasteiger partial charge in [-0.1, -0.05) is 52.4 Å². The van der Waals surface area contributed by atoms with Gasteiger partial charge in [0, 0.05) is 39.5 Å². The molecule has 3 rings (SSSR count). The van der Waals surface area contributed by atoms with Gasteiger partial charge in [-0.3, -0.25) is 0 Å². The van der Waals surface area contributed by atoms with Crippen molar-refractivity contribution < 1.29 is 5.11 Å². The van der Waals surface area contributed by atoms with E-state index in [1.807, 2.05) is 48.5 Å². The number of aliphatic hydroxyl groups excluding tert-OH is 1. The van der Waals surface area contributed by atoms with E-state index in [9.17, 15) is 0 Å². The fourth-order valence-electron chi connectivity index (χ4n) is 1.95. The Morgan fingerprint density at radius 3 is 1.96 bits per heavy atom. The topological polar surface area (TPSA) is 127 Å². The molecule has 142 valence electrons. The van der Waals surface area contributed by atoms with Crippen molar-refractivity contribution >= 4 is 33.0 Å². The maximum atomic E-state index is 8.87. The van der Waals surface area contributed by atoms with Gasteiger partial charge in [-0.25, -0.2) is 4.98 Å². The van der Waals surface area contributed by atoms with Gasteiger partial charge in [0.15, 0.2) is 0 Å². The largest absolute Gasteiger partial charge is 0.511 e. The number of hydrogen-bond acceptors (Lipinski definition) is 7. The lowest BCUT2D eigenvalue weighted by molar-refractivity contribution is 0.368. The Bertz CT molecular complexity index is 809. The van der Waals surface area contributed by atoms with Gasteiger partial charge in [-0.2, -0.15) is 0 Å². The summed E-state index contributed by atoms with van der Waals surface area (Å²) in [6.45, 7) is 3.33. The van der Waals surface area contributed by atoms with Crippen molar-refractivity contribution in [1.29, 1.82) is 0 Å². The average Bonchev–Trinajstić information content (AvgIpc) is 3.16. The van der Waals surface area contributed by atoms with Crippen LogP contribution in [-0.4, -0.2) is 21.1 Å². The van der Waals surface area contributed by atoms with Crippen LogP contribution in [0.25, 0.3) is 0 Å². The van der Waals surface area contributed by atoms with E-state index in [1.165, 1.54) is 0 Å². The van der Waals surface area contributed by atoms with Crippen LogP contribution in [0.1, 0.15) is 5.69 Å². The molecule has 0 unspecified atom stereocenters. The Morgan fingerprint density at radius 1 is 1.04 bits per heavy atom. The van der Waals surface area contributed by atoms with E-state index in [1.54, 1.807) is 34.1 Å². The Balaban J connectivity index is 0.000000208. The van der Waals surface area contributed by atoms with Gasteiger partial charge in [0.25, 0.3) is 0 Å². The molecule has 1 aromatic heterocycles. The number of hydrogen-bond donors (Lipinski definition) is 5. The molecule has 0 aliphatic rings. The lowest BCUT2D eigenvalue weighted by atomic mass is 10.1. The average molecular weight is 402 g/mol. The van der Waals surface area contributed by atoms with Gasteiger partial charge in [0.05, 0.1) is 12.4 Å². The molecule has 0 saturated heterocycles. The fourth-order valence-corrected chi connectivity index (χ4v) is 4.18. The van der Waals surface area contributed by atoms with Crippen LogP contribution in [0.15, 0.2) is 83.2 Å². The number of nitrogens with one attached hydrogen (secondary N) is 1. The Hall–Kier alpha value is -2.55. The second kappa shape index (κ2) is 10.6. The number of nitrogen functional groups attached to an aromatic ring is 2. The molecule has 27 heavy (non-hydrogen) atoms. The van der Waals surface area contributed by atoms with Crippen LogP contribution < -0.4 is 17.2 Å². The van der Waals surface area contributed by atoms with Crippen molar-refractivity contribution in [2.24, 2.45) is 5.73 Å². The standard InChI is InChI=1S/C12H12N2S2.C7H11N3O/c13-9-5-1-3-7-11(9)15-16-12-8-4-2-6-10(12)14;1-5(11)7(8)2-6-3-9-4-10-6/h1-8H,13-14H2;3-4,7,11H,1-2,8H2,(H,9,10)/t;7-/m.1/s1. The number of nitrogens with two attached hydrogens (primary N) is 3. The molecule has 0 fully saturated rings. The summed E-state index contributed by atoms with van der Waals surface area (Å²) in [5, 5.41) is 8.87. The third-order valence-corrected chi connectivity index (χ3v) is 6.00. The van der Waals surface area contributed by atoms with Crippen molar-refractivity contribution in [3.63, 3.8) is 0 Å². The van der Waals surface area contributed by atoms with Crippen LogP contribution in [-0.2, 0) is 6.42 Å². The number of rotatable bonds is 6. The predicted molar refractivity (Wildman–Crippen MR) is 115 cm³/mol. The summed E-state index contributed by atoms with van der Waals surface area (Å²) in [6.07, 6.45) is 3.78. The monoisotopic (exact) mass is 401 g/mol. The van der Waals surface area contributed by atoms with Gasteiger partial charge in [0.1, 0.15) is 5.76 Å².